The van der Waals surface area contributed by atoms with E-state index >= 15 is 0 Å². The van der Waals surface area contributed by atoms with E-state index in [-0.39, 0.29) is 24.3 Å². The third-order valence-corrected chi connectivity index (χ3v) is 6.88. The number of aromatic nitrogens is 2. The van der Waals surface area contributed by atoms with Crippen LogP contribution in [0.25, 0.3) is 11.4 Å². The number of benzene rings is 1. The van der Waals surface area contributed by atoms with E-state index in [1.165, 1.54) is 22.7 Å². The zero-order valence-electron chi connectivity index (χ0n) is 15.6. The summed E-state index contributed by atoms with van der Waals surface area (Å²) in [6.07, 6.45) is 0.932. The summed E-state index contributed by atoms with van der Waals surface area (Å²) in [7, 11) is -0.450. The van der Waals surface area contributed by atoms with E-state index in [9.17, 15) is 13.2 Å². The number of piperidine rings is 1. The number of carbonyl (C=O) groups is 1. The Morgan fingerprint density at radius 2 is 2.00 bits per heavy atom. The van der Waals surface area contributed by atoms with Crippen molar-refractivity contribution < 1.29 is 17.7 Å². The minimum Gasteiger partial charge on any atom is -0.347 e. The first kappa shape index (κ1) is 20.7. The Kier molecular flexibility index (Phi) is 6.33. The topological polar surface area (TPSA) is 109 Å². The molecule has 28 heavy (non-hydrogen) atoms. The molecule has 1 aliphatic heterocycles. The minimum atomic E-state index is -3.44. The smallest absolute Gasteiger partial charge is 0.281 e. The highest BCUT2D eigenvalue weighted by molar-refractivity contribution is 7.86. The molecule has 0 saturated carbocycles. The molecular weight excluding hydrogens is 406 g/mol. The Bertz CT molecular complexity index is 939. The molecule has 0 aliphatic carbocycles. The van der Waals surface area contributed by atoms with Gasteiger partial charge in [0.25, 0.3) is 10.2 Å². The van der Waals surface area contributed by atoms with Gasteiger partial charge in [0.15, 0.2) is 0 Å². The van der Waals surface area contributed by atoms with Crippen LogP contribution in [0.4, 0.5) is 0 Å². The molecule has 1 N–H and O–H groups in total. The van der Waals surface area contributed by atoms with Gasteiger partial charge in [-0.2, -0.15) is 22.0 Å². The van der Waals surface area contributed by atoms with Crippen LogP contribution >= 0.6 is 11.6 Å². The molecule has 2 aromatic rings. The van der Waals surface area contributed by atoms with E-state index in [0.29, 0.717) is 42.3 Å². The fourth-order valence-corrected chi connectivity index (χ4v) is 4.32. The molecule has 1 amide bonds. The summed E-state index contributed by atoms with van der Waals surface area (Å²) in [5, 5.41) is 7.18. The third kappa shape index (κ3) is 4.52. The van der Waals surface area contributed by atoms with Crippen molar-refractivity contribution in [3.63, 3.8) is 0 Å². The number of nitrogens with zero attached hydrogens (tertiary/aromatic N) is 4. The number of rotatable bonds is 6. The number of halogens is 1. The molecular formula is C17H22ClN5O4S. The van der Waals surface area contributed by atoms with Gasteiger partial charge < -0.3 is 9.84 Å². The quantitative estimate of drug-likeness (QED) is 0.748. The first-order valence-corrected chi connectivity index (χ1v) is 10.6. The summed E-state index contributed by atoms with van der Waals surface area (Å²) >= 11 is 6.12. The molecule has 1 aliphatic rings. The standard InChI is InChI=1S/C17H22ClN5O4S/c1-22(2)28(25,26)23-9-7-12(8-10-23)17(24)19-11-15-20-16(21-27-15)13-5-3-4-6-14(13)18/h3-6,12H,7-11H2,1-2H3,(H,19,24). The van der Waals surface area contributed by atoms with Gasteiger partial charge in [-0.05, 0) is 25.0 Å². The van der Waals surface area contributed by atoms with E-state index < -0.39 is 10.2 Å². The minimum absolute atomic E-state index is 0.104. The maximum absolute atomic E-state index is 12.4. The number of hydrogen-bond donors (Lipinski definition) is 1. The number of hydrogen-bond acceptors (Lipinski definition) is 6. The first-order chi connectivity index (χ1) is 13.3. The van der Waals surface area contributed by atoms with E-state index in [4.69, 9.17) is 16.1 Å². The van der Waals surface area contributed by atoms with Crippen LogP contribution in [0.1, 0.15) is 18.7 Å². The first-order valence-electron chi connectivity index (χ1n) is 8.82. The Balaban J connectivity index is 1.53. The Morgan fingerprint density at radius 1 is 1.32 bits per heavy atom. The molecule has 9 nitrogen and oxygen atoms in total. The average molecular weight is 428 g/mol. The summed E-state index contributed by atoms with van der Waals surface area (Å²) in [5.41, 5.74) is 0.653. The second-order valence-corrected chi connectivity index (χ2v) is 9.22. The molecule has 1 aromatic heterocycles. The van der Waals surface area contributed by atoms with Crippen molar-refractivity contribution in [3.8, 4) is 11.4 Å². The fraction of sp³-hybridized carbons (Fsp3) is 0.471. The highest BCUT2D eigenvalue weighted by atomic mass is 35.5. The van der Waals surface area contributed by atoms with Gasteiger partial charge in [0.2, 0.25) is 17.6 Å². The van der Waals surface area contributed by atoms with Gasteiger partial charge in [0.1, 0.15) is 0 Å². The lowest BCUT2D eigenvalue weighted by atomic mass is 9.97. The Morgan fingerprint density at radius 3 is 2.64 bits per heavy atom. The molecule has 2 heterocycles. The lowest BCUT2D eigenvalue weighted by Gasteiger charge is -2.32. The van der Waals surface area contributed by atoms with E-state index in [2.05, 4.69) is 15.5 Å². The monoisotopic (exact) mass is 427 g/mol. The highest BCUT2D eigenvalue weighted by Gasteiger charge is 2.32. The molecule has 1 saturated heterocycles. The van der Waals surface area contributed by atoms with Crippen LogP contribution in [0.5, 0.6) is 0 Å². The van der Waals surface area contributed by atoms with Gasteiger partial charge in [-0.25, -0.2) is 0 Å². The number of amides is 1. The highest BCUT2D eigenvalue weighted by Crippen LogP contribution is 2.25. The lowest BCUT2D eigenvalue weighted by Crippen LogP contribution is -2.46. The maximum Gasteiger partial charge on any atom is 0.281 e. The van der Waals surface area contributed by atoms with Crippen LogP contribution in [0.15, 0.2) is 28.8 Å². The summed E-state index contributed by atoms with van der Waals surface area (Å²) in [5.74, 6) is 0.229. The van der Waals surface area contributed by atoms with Gasteiger partial charge in [-0.3, -0.25) is 4.79 Å². The number of carbonyl (C=O) groups excluding carboxylic acids is 1. The van der Waals surface area contributed by atoms with Crippen LogP contribution < -0.4 is 5.32 Å². The van der Waals surface area contributed by atoms with Crippen molar-refractivity contribution in [2.45, 2.75) is 19.4 Å². The Labute approximate surface area is 168 Å². The predicted octanol–water partition coefficient (Wildman–Crippen LogP) is 1.52. The SMILES string of the molecule is CN(C)S(=O)(=O)N1CCC(C(=O)NCc2nc(-c3ccccc3Cl)no2)CC1. The maximum atomic E-state index is 12.4. The van der Waals surface area contributed by atoms with Gasteiger partial charge in [0, 0.05) is 38.7 Å². The Hall–Kier alpha value is -2.01. The lowest BCUT2D eigenvalue weighted by molar-refractivity contribution is -0.126. The zero-order valence-corrected chi connectivity index (χ0v) is 17.2. The van der Waals surface area contributed by atoms with Crippen molar-refractivity contribution in [2.75, 3.05) is 27.2 Å². The van der Waals surface area contributed by atoms with Crippen molar-refractivity contribution in [3.05, 3.63) is 35.2 Å². The fourth-order valence-electron chi connectivity index (χ4n) is 2.97. The molecule has 0 unspecified atom stereocenters. The van der Waals surface area contributed by atoms with E-state index in [1.54, 1.807) is 12.1 Å². The van der Waals surface area contributed by atoms with Crippen molar-refractivity contribution in [1.82, 2.24) is 24.1 Å². The average Bonchev–Trinajstić information content (AvgIpc) is 3.15. The van der Waals surface area contributed by atoms with E-state index in [1.807, 2.05) is 12.1 Å². The van der Waals surface area contributed by atoms with Crippen LogP contribution in [-0.4, -0.2) is 60.3 Å². The van der Waals surface area contributed by atoms with Crippen LogP contribution in [0.3, 0.4) is 0 Å². The van der Waals surface area contributed by atoms with Gasteiger partial charge >= 0.3 is 0 Å². The molecule has 0 bridgehead atoms. The molecule has 152 valence electrons. The normalized spacial score (nSPS) is 16.4. The summed E-state index contributed by atoms with van der Waals surface area (Å²) in [6, 6.07) is 7.15. The van der Waals surface area contributed by atoms with Crippen LogP contribution in [-0.2, 0) is 21.5 Å². The molecule has 0 radical (unpaired) electrons. The van der Waals surface area contributed by atoms with E-state index in [0.717, 1.165) is 0 Å². The molecule has 0 atom stereocenters. The van der Waals surface area contributed by atoms with Crippen molar-refractivity contribution in [1.29, 1.82) is 0 Å². The second-order valence-electron chi connectivity index (χ2n) is 6.67. The molecule has 1 aromatic carbocycles. The van der Waals surface area contributed by atoms with Crippen LogP contribution in [0, 0.1) is 5.92 Å². The molecule has 3 rings (SSSR count). The molecule has 11 heteroatoms. The summed E-state index contributed by atoms with van der Waals surface area (Å²) < 4.78 is 32.0. The van der Waals surface area contributed by atoms with Gasteiger partial charge in [-0.15, -0.1) is 0 Å². The predicted molar refractivity (Wildman–Crippen MR) is 103 cm³/mol. The summed E-state index contributed by atoms with van der Waals surface area (Å²) in [4.78, 5) is 16.6. The van der Waals surface area contributed by atoms with Crippen molar-refractivity contribution >= 4 is 27.7 Å². The third-order valence-electron chi connectivity index (χ3n) is 4.61. The van der Waals surface area contributed by atoms with Crippen LogP contribution in [0.2, 0.25) is 5.02 Å². The molecule has 0 spiro atoms. The second kappa shape index (κ2) is 8.56. The largest absolute Gasteiger partial charge is 0.347 e. The summed E-state index contributed by atoms with van der Waals surface area (Å²) in [6.45, 7) is 0.734. The van der Waals surface area contributed by atoms with Gasteiger partial charge in [-0.1, -0.05) is 28.9 Å². The molecule has 1 fully saturated rings. The van der Waals surface area contributed by atoms with Crippen molar-refractivity contribution in [2.24, 2.45) is 5.92 Å². The van der Waals surface area contributed by atoms with Gasteiger partial charge in [0.05, 0.1) is 11.6 Å². The zero-order chi connectivity index (χ0) is 20.3. The number of nitrogens with one attached hydrogen (secondary N) is 1.